The molecule has 0 spiro atoms. The van der Waals surface area contributed by atoms with Crippen LogP contribution >= 0.6 is 0 Å². The fourth-order valence-electron chi connectivity index (χ4n) is 3.28. The molecule has 0 aliphatic rings. The number of esters is 1. The lowest BCUT2D eigenvalue weighted by molar-refractivity contribution is -0.128. The van der Waals surface area contributed by atoms with Gasteiger partial charge in [-0.3, -0.25) is 4.79 Å². The molecule has 4 aromatic rings. The van der Waals surface area contributed by atoms with Crippen molar-refractivity contribution in [2.45, 2.75) is 6.61 Å². The van der Waals surface area contributed by atoms with E-state index in [4.69, 9.17) is 14.2 Å². The Morgan fingerprint density at radius 1 is 0.750 bits per heavy atom. The Hall–Kier alpha value is -4.84. The van der Waals surface area contributed by atoms with Crippen molar-refractivity contribution in [1.82, 2.24) is 0 Å². The van der Waals surface area contributed by atoms with E-state index in [1.54, 1.807) is 61.7 Å². The summed E-state index contributed by atoms with van der Waals surface area (Å²) in [6.07, 6.45) is 3.02. The van der Waals surface area contributed by atoms with E-state index in [9.17, 15) is 9.59 Å². The number of carbonyl (C=O) groups excluding carboxylic acids is 2. The second-order valence-electron chi connectivity index (χ2n) is 7.80. The number of nitrogens with one attached hydrogen (secondary N) is 1. The van der Waals surface area contributed by atoms with Crippen LogP contribution in [0.3, 0.4) is 0 Å². The Labute approximate surface area is 209 Å². The number of ether oxygens (including phenoxy) is 3. The Bertz CT molecular complexity index is 1310. The number of methoxy groups -OCH3 is 1. The minimum Gasteiger partial charge on any atom is -0.497 e. The molecule has 0 bridgehead atoms. The zero-order valence-corrected chi connectivity index (χ0v) is 19.7. The molecule has 0 atom stereocenters. The standard InChI is InChI=1S/C30H25NO5/c1-34-26-18-12-25(13-19-26)31-30(33)24-10-16-28(17-11-24)36-29(32)20-9-22-7-14-27(15-8-22)35-21-23-5-3-2-4-6-23/h2-20H,21H2,1H3,(H,31,33)/b20-9+. The molecule has 180 valence electrons. The van der Waals surface area contributed by atoms with Crippen molar-refractivity contribution in [2.75, 3.05) is 12.4 Å². The SMILES string of the molecule is COc1ccc(NC(=O)c2ccc(OC(=O)/C=C/c3ccc(OCc4ccccc4)cc3)cc2)cc1. The van der Waals surface area contributed by atoms with Crippen LogP contribution in [-0.2, 0) is 11.4 Å². The van der Waals surface area contributed by atoms with Crippen molar-refractivity contribution in [3.63, 3.8) is 0 Å². The van der Waals surface area contributed by atoms with Crippen LogP contribution in [0, 0.1) is 0 Å². The molecule has 4 aromatic carbocycles. The highest BCUT2D eigenvalue weighted by Gasteiger charge is 2.08. The second-order valence-corrected chi connectivity index (χ2v) is 7.80. The predicted molar refractivity (Wildman–Crippen MR) is 139 cm³/mol. The topological polar surface area (TPSA) is 73.9 Å². The van der Waals surface area contributed by atoms with Gasteiger partial charge in [0.25, 0.3) is 5.91 Å². The van der Waals surface area contributed by atoms with Gasteiger partial charge in [-0.1, -0.05) is 42.5 Å². The Morgan fingerprint density at radius 2 is 1.39 bits per heavy atom. The molecule has 0 saturated carbocycles. The summed E-state index contributed by atoms with van der Waals surface area (Å²) in [7, 11) is 1.58. The van der Waals surface area contributed by atoms with E-state index in [-0.39, 0.29) is 5.91 Å². The molecule has 0 saturated heterocycles. The molecule has 0 heterocycles. The Morgan fingerprint density at radius 3 is 2.06 bits per heavy atom. The smallest absolute Gasteiger partial charge is 0.336 e. The Balaban J connectivity index is 1.26. The number of anilines is 1. The highest BCUT2D eigenvalue weighted by Crippen LogP contribution is 2.18. The highest BCUT2D eigenvalue weighted by molar-refractivity contribution is 6.04. The lowest BCUT2D eigenvalue weighted by Gasteiger charge is -2.07. The monoisotopic (exact) mass is 479 g/mol. The maximum absolute atomic E-state index is 12.4. The summed E-state index contributed by atoms with van der Waals surface area (Å²) in [5.74, 6) is 1.01. The zero-order chi connectivity index (χ0) is 25.2. The maximum atomic E-state index is 12.4. The summed E-state index contributed by atoms with van der Waals surface area (Å²) in [5, 5.41) is 2.81. The van der Waals surface area contributed by atoms with Crippen molar-refractivity contribution >= 4 is 23.6 Å². The highest BCUT2D eigenvalue weighted by atomic mass is 16.5. The minimum atomic E-state index is -0.519. The van der Waals surface area contributed by atoms with E-state index in [0.29, 0.717) is 29.4 Å². The molecule has 1 N–H and O–H groups in total. The lowest BCUT2D eigenvalue weighted by Crippen LogP contribution is -2.12. The van der Waals surface area contributed by atoms with E-state index in [1.807, 2.05) is 54.6 Å². The summed E-state index contributed by atoms with van der Waals surface area (Å²) in [6.45, 7) is 0.490. The van der Waals surface area contributed by atoms with Crippen LogP contribution in [0.5, 0.6) is 17.2 Å². The molecule has 0 aromatic heterocycles. The number of amides is 1. The second kappa shape index (κ2) is 12.0. The summed E-state index contributed by atoms with van der Waals surface area (Å²) < 4.78 is 16.2. The van der Waals surface area contributed by atoms with Gasteiger partial charge in [0.2, 0.25) is 0 Å². The van der Waals surface area contributed by atoms with Gasteiger partial charge in [-0.25, -0.2) is 4.79 Å². The first-order chi connectivity index (χ1) is 17.6. The van der Waals surface area contributed by atoms with Gasteiger partial charge in [0.05, 0.1) is 7.11 Å². The molecule has 0 fully saturated rings. The van der Waals surface area contributed by atoms with Crippen LogP contribution in [0.1, 0.15) is 21.5 Å². The predicted octanol–water partition coefficient (Wildman–Crippen LogP) is 6.15. The van der Waals surface area contributed by atoms with Gasteiger partial charge in [0.15, 0.2) is 0 Å². The fraction of sp³-hybridized carbons (Fsp3) is 0.0667. The molecule has 0 unspecified atom stereocenters. The third kappa shape index (κ3) is 7.08. The number of rotatable bonds is 9. The number of hydrogen-bond donors (Lipinski definition) is 1. The minimum absolute atomic E-state index is 0.269. The maximum Gasteiger partial charge on any atom is 0.336 e. The van der Waals surface area contributed by atoms with E-state index >= 15 is 0 Å². The molecule has 6 nitrogen and oxygen atoms in total. The van der Waals surface area contributed by atoms with Gasteiger partial charge in [-0.15, -0.1) is 0 Å². The van der Waals surface area contributed by atoms with Crippen LogP contribution in [0.25, 0.3) is 6.08 Å². The molecule has 1 amide bonds. The normalized spacial score (nSPS) is 10.6. The third-order valence-electron chi connectivity index (χ3n) is 5.22. The van der Waals surface area contributed by atoms with Crippen LogP contribution in [0.2, 0.25) is 0 Å². The molecular formula is C30H25NO5. The molecular weight excluding hydrogens is 454 g/mol. The molecule has 36 heavy (non-hydrogen) atoms. The Kier molecular flexibility index (Phi) is 8.12. The van der Waals surface area contributed by atoms with Gasteiger partial charge in [-0.05, 0) is 77.9 Å². The summed E-state index contributed by atoms with van der Waals surface area (Å²) >= 11 is 0. The first kappa shape index (κ1) is 24.3. The summed E-state index contributed by atoms with van der Waals surface area (Å²) in [4.78, 5) is 24.6. The van der Waals surface area contributed by atoms with Gasteiger partial charge in [0.1, 0.15) is 23.9 Å². The van der Waals surface area contributed by atoms with Crippen LogP contribution in [-0.4, -0.2) is 19.0 Å². The molecule has 0 aliphatic carbocycles. The van der Waals surface area contributed by atoms with Gasteiger partial charge in [-0.2, -0.15) is 0 Å². The van der Waals surface area contributed by atoms with Gasteiger partial charge < -0.3 is 19.5 Å². The number of benzene rings is 4. The van der Waals surface area contributed by atoms with Crippen LogP contribution in [0.15, 0.2) is 109 Å². The largest absolute Gasteiger partial charge is 0.497 e. The first-order valence-corrected chi connectivity index (χ1v) is 11.3. The van der Waals surface area contributed by atoms with E-state index in [2.05, 4.69) is 5.32 Å². The fourth-order valence-corrected chi connectivity index (χ4v) is 3.28. The van der Waals surface area contributed by atoms with E-state index in [1.165, 1.54) is 6.08 Å². The quantitative estimate of drug-likeness (QED) is 0.177. The van der Waals surface area contributed by atoms with Crippen molar-refractivity contribution < 1.29 is 23.8 Å². The lowest BCUT2D eigenvalue weighted by atomic mass is 10.2. The number of hydrogen-bond acceptors (Lipinski definition) is 5. The van der Waals surface area contributed by atoms with Gasteiger partial charge >= 0.3 is 5.97 Å². The van der Waals surface area contributed by atoms with E-state index < -0.39 is 5.97 Å². The van der Waals surface area contributed by atoms with Gasteiger partial charge in [0, 0.05) is 17.3 Å². The van der Waals surface area contributed by atoms with Crippen molar-refractivity contribution in [3.05, 3.63) is 126 Å². The third-order valence-corrected chi connectivity index (χ3v) is 5.22. The molecule has 0 radical (unpaired) electrons. The van der Waals surface area contributed by atoms with Crippen molar-refractivity contribution in [2.24, 2.45) is 0 Å². The van der Waals surface area contributed by atoms with Crippen molar-refractivity contribution in [1.29, 1.82) is 0 Å². The average molecular weight is 480 g/mol. The first-order valence-electron chi connectivity index (χ1n) is 11.3. The summed E-state index contributed by atoms with van der Waals surface area (Å²) in [5.41, 5.74) is 3.02. The van der Waals surface area contributed by atoms with E-state index in [0.717, 1.165) is 16.9 Å². The number of carbonyl (C=O) groups is 2. The average Bonchev–Trinajstić information content (AvgIpc) is 2.92. The van der Waals surface area contributed by atoms with Crippen molar-refractivity contribution in [3.8, 4) is 17.2 Å². The molecule has 4 rings (SSSR count). The molecule has 6 heteroatoms. The zero-order valence-electron chi connectivity index (χ0n) is 19.7. The van der Waals surface area contributed by atoms with Crippen LogP contribution in [0.4, 0.5) is 5.69 Å². The molecule has 0 aliphatic heterocycles. The summed E-state index contributed by atoms with van der Waals surface area (Å²) in [6, 6.07) is 30.7. The van der Waals surface area contributed by atoms with Crippen LogP contribution < -0.4 is 19.5 Å².